The number of anilines is 2. The van der Waals surface area contributed by atoms with Gasteiger partial charge in [-0.3, -0.25) is 4.98 Å². The molecule has 1 rings (SSSR count). The second-order valence-corrected chi connectivity index (χ2v) is 3.74. The highest BCUT2D eigenvalue weighted by Crippen LogP contribution is 2.23. The number of hydrogen-bond acceptors (Lipinski definition) is 3. The molecule has 0 amide bonds. The number of nitrogens with zero attached hydrogens (tertiary/aromatic N) is 2. The monoisotopic (exact) mass is 193 g/mol. The van der Waals surface area contributed by atoms with Crippen molar-refractivity contribution in [3.8, 4) is 0 Å². The summed E-state index contributed by atoms with van der Waals surface area (Å²) in [6.07, 6.45) is 4.81. The Bertz CT molecular complexity index is 284. The summed E-state index contributed by atoms with van der Waals surface area (Å²) >= 11 is 0. The van der Waals surface area contributed by atoms with Crippen molar-refractivity contribution in [1.29, 1.82) is 0 Å². The number of aromatic nitrogens is 1. The number of nitrogens with one attached hydrogen (secondary N) is 1. The van der Waals surface area contributed by atoms with Gasteiger partial charge in [0, 0.05) is 26.3 Å². The molecule has 0 aliphatic heterocycles. The highest BCUT2D eigenvalue weighted by Gasteiger charge is 2.05. The SMILES string of the molecule is CCC(C)Nc1cnccc1N(C)C. The molecule has 78 valence electrons. The molecule has 0 bridgehead atoms. The molecule has 0 saturated carbocycles. The van der Waals surface area contributed by atoms with Crippen LogP contribution >= 0.6 is 0 Å². The topological polar surface area (TPSA) is 28.2 Å². The summed E-state index contributed by atoms with van der Waals surface area (Å²) < 4.78 is 0. The van der Waals surface area contributed by atoms with Gasteiger partial charge in [0.05, 0.1) is 17.6 Å². The quantitative estimate of drug-likeness (QED) is 0.795. The van der Waals surface area contributed by atoms with Gasteiger partial charge < -0.3 is 10.2 Å². The summed E-state index contributed by atoms with van der Waals surface area (Å²) in [7, 11) is 4.08. The van der Waals surface area contributed by atoms with Crippen LogP contribution in [0.5, 0.6) is 0 Å². The lowest BCUT2D eigenvalue weighted by atomic mass is 10.2. The molecule has 1 aromatic rings. The first-order valence-electron chi connectivity index (χ1n) is 5.03. The second kappa shape index (κ2) is 4.84. The molecule has 3 nitrogen and oxygen atoms in total. The van der Waals surface area contributed by atoms with Gasteiger partial charge in [-0.1, -0.05) is 6.92 Å². The van der Waals surface area contributed by atoms with Crippen molar-refractivity contribution in [2.75, 3.05) is 24.3 Å². The standard InChI is InChI=1S/C11H19N3/c1-5-9(2)13-10-8-12-7-6-11(10)14(3)4/h6-9,13H,5H2,1-4H3. The summed E-state index contributed by atoms with van der Waals surface area (Å²) in [4.78, 5) is 6.22. The van der Waals surface area contributed by atoms with Crippen LogP contribution in [0, 0.1) is 0 Å². The fourth-order valence-electron chi connectivity index (χ4n) is 1.26. The van der Waals surface area contributed by atoms with E-state index >= 15 is 0 Å². The molecule has 14 heavy (non-hydrogen) atoms. The molecule has 1 unspecified atom stereocenters. The maximum atomic E-state index is 4.13. The number of pyridine rings is 1. The van der Waals surface area contributed by atoms with E-state index in [-0.39, 0.29) is 0 Å². The van der Waals surface area contributed by atoms with E-state index in [9.17, 15) is 0 Å². The Hall–Kier alpha value is -1.25. The van der Waals surface area contributed by atoms with E-state index in [2.05, 4.69) is 29.0 Å². The van der Waals surface area contributed by atoms with Crippen molar-refractivity contribution in [2.45, 2.75) is 26.3 Å². The predicted molar refractivity (Wildman–Crippen MR) is 61.9 cm³/mol. The lowest BCUT2D eigenvalue weighted by Crippen LogP contribution is -2.17. The first kappa shape index (κ1) is 10.8. The van der Waals surface area contributed by atoms with E-state index in [4.69, 9.17) is 0 Å². The smallest absolute Gasteiger partial charge is 0.0766 e. The van der Waals surface area contributed by atoms with Crippen molar-refractivity contribution in [2.24, 2.45) is 0 Å². The zero-order valence-corrected chi connectivity index (χ0v) is 9.41. The molecule has 1 N–H and O–H groups in total. The fourth-order valence-corrected chi connectivity index (χ4v) is 1.26. The van der Waals surface area contributed by atoms with Gasteiger partial charge in [-0.2, -0.15) is 0 Å². The molecular formula is C11H19N3. The third-order valence-corrected chi connectivity index (χ3v) is 2.29. The summed E-state index contributed by atoms with van der Waals surface area (Å²) in [6, 6.07) is 2.50. The Kier molecular flexibility index (Phi) is 3.74. The molecule has 0 fully saturated rings. The maximum absolute atomic E-state index is 4.13. The highest BCUT2D eigenvalue weighted by atomic mass is 15.1. The Morgan fingerprint density at radius 3 is 2.79 bits per heavy atom. The average molecular weight is 193 g/mol. The third-order valence-electron chi connectivity index (χ3n) is 2.29. The van der Waals surface area contributed by atoms with Gasteiger partial charge in [0.25, 0.3) is 0 Å². The first-order chi connectivity index (χ1) is 6.65. The fraction of sp³-hybridized carbons (Fsp3) is 0.545. The van der Waals surface area contributed by atoms with Gasteiger partial charge in [0.15, 0.2) is 0 Å². The van der Waals surface area contributed by atoms with Gasteiger partial charge in [-0.25, -0.2) is 0 Å². The molecule has 0 saturated heterocycles. The Balaban J connectivity index is 2.84. The molecule has 3 heteroatoms. The van der Waals surface area contributed by atoms with Crippen molar-refractivity contribution in [3.63, 3.8) is 0 Å². The lowest BCUT2D eigenvalue weighted by molar-refractivity contribution is 0.763. The molecule has 0 aliphatic rings. The third kappa shape index (κ3) is 2.62. The molecule has 1 atom stereocenters. The second-order valence-electron chi connectivity index (χ2n) is 3.74. The van der Waals surface area contributed by atoms with Gasteiger partial charge in [-0.15, -0.1) is 0 Å². The highest BCUT2D eigenvalue weighted by molar-refractivity contribution is 5.68. The maximum Gasteiger partial charge on any atom is 0.0766 e. The Morgan fingerprint density at radius 1 is 1.50 bits per heavy atom. The van der Waals surface area contributed by atoms with Gasteiger partial charge in [0.2, 0.25) is 0 Å². The first-order valence-corrected chi connectivity index (χ1v) is 5.03. The van der Waals surface area contributed by atoms with Crippen LogP contribution in [0.4, 0.5) is 11.4 Å². The van der Waals surface area contributed by atoms with Crippen LogP contribution in [0.3, 0.4) is 0 Å². The van der Waals surface area contributed by atoms with Crippen LogP contribution in [0.1, 0.15) is 20.3 Å². The van der Waals surface area contributed by atoms with Gasteiger partial charge >= 0.3 is 0 Å². The van der Waals surface area contributed by atoms with Crippen LogP contribution in [0.2, 0.25) is 0 Å². The summed E-state index contributed by atoms with van der Waals surface area (Å²) in [5, 5.41) is 3.44. The van der Waals surface area contributed by atoms with Crippen molar-refractivity contribution in [3.05, 3.63) is 18.5 Å². The minimum absolute atomic E-state index is 0.484. The minimum Gasteiger partial charge on any atom is -0.380 e. The average Bonchev–Trinajstić information content (AvgIpc) is 2.18. The largest absolute Gasteiger partial charge is 0.380 e. The number of hydrogen-bond donors (Lipinski definition) is 1. The molecule has 1 aromatic heterocycles. The summed E-state index contributed by atoms with van der Waals surface area (Å²) in [5.74, 6) is 0. The van der Waals surface area contributed by atoms with Crippen LogP contribution in [-0.4, -0.2) is 25.1 Å². The van der Waals surface area contributed by atoms with Gasteiger partial charge in [0.1, 0.15) is 0 Å². The van der Waals surface area contributed by atoms with Crippen LogP contribution in [0.25, 0.3) is 0 Å². The molecule has 0 aromatic carbocycles. The zero-order chi connectivity index (χ0) is 10.6. The molecule has 0 radical (unpaired) electrons. The van der Waals surface area contributed by atoms with E-state index in [0.29, 0.717) is 6.04 Å². The van der Waals surface area contributed by atoms with Gasteiger partial charge in [-0.05, 0) is 19.4 Å². The Labute approximate surface area is 86.2 Å². The molecular weight excluding hydrogens is 174 g/mol. The van der Waals surface area contributed by atoms with Crippen molar-refractivity contribution < 1.29 is 0 Å². The van der Waals surface area contributed by atoms with Crippen LogP contribution in [0.15, 0.2) is 18.5 Å². The molecule has 0 aliphatic carbocycles. The Morgan fingerprint density at radius 2 is 2.21 bits per heavy atom. The minimum atomic E-state index is 0.484. The van der Waals surface area contributed by atoms with E-state index in [0.717, 1.165) is 12.1 Å². The zero-order valence-electron chi connectivity index (χ0n) is 9.41. The summed E-state index contributed by atoms with van der Waals surface area (Å²) in [5.41, 5.74) is 2.28. The predicted octanol–water partition coefficient (Wildman–Crippen LogP) is 2.36. The van der Waals surface area contributed by atoms with Crippen LogP contribution < -0.4 is 10.2 Å². The van der Waals surface area contributed by atoms with E-state index in [1.807, 2.05) is 32.6 Å². The molecule has 0 spiro atoms. The van der Waals surface area contributed by atoms with Crippen LogP contribution in [-0.2, 0) is 0 Å². The molecule has 1 heterocycles. The van der Waals surface area contributed by atoms with E-state index in [1.54, 1.807) is 0 Å². The normalized spacial score (nSPS) is 12.3. The van der Waals surface area contributed by atoms with E-state index in [1.165, 1.54) is 5.69 Å². The lowest BCUT2D eigenvalue weighted by Gasteiger charge is -2.20. The van der Waals surface area contributed by atoms with Crippen molar-refractivity contribution >= 4 is 11.4 Å². The number of rotatable bonds is 4. The van der Waals surface area contributed by atoms with Crippen molar-refractivity contribution in [1.82, 2.24) is 4.98 Å². The summed E-state index contributed by atoms with van der Waals surface area (Å²) in [6.45, 7) is 4.34. The van der Waals surface area contributed by atoms with E-state index < -0.39 is 0 Å².